The fourth-order valence-corrected chi connectivity index (χ4v) is 4.08. The van der Waals surface area contributed by atoms with E-state index in [1.54, 1.807) is 13.0 Å². The van der Waals surface area contributed by atoms with Crippen molar-refractivity contribution < 1.29 is 17.6 Å². The van der Waals surface area contributed by atoms with Crippen LogP contribution < -0.4 is 5.32 Å². The molecule has 0 spiro atoms. The average Bonchev–Trinajstić information content (AvgIpc) is 2.40. The number of rotatable bonds is 4. The largest absolute Gasteiger partial charge is 0.349 e. The summed E-state index contributed by atoms with van der Waals surface area (Å²) in [6.45, 7) is 3.61. The van der Waals surface area contributed by atoms with Gasteiger partial charge in [0.25, 0.3) is 0 Å². The van der Waals surface area contributed by atoms with Gasteiger partial charge in [0.1, 0.15) is 15.7 Å². The summed E-state index contributed by atoms with van der Waals surface area (Å²) in [7, 11) is -3.21. The molecule has 0 radical (unpaired) electrons. The number of halogens is 1. The van der Waals surface area contributed by atoms with E-state index in [2.05, 4.69) is 5.32 Å². The molecule has 1 N–H and O–H groups in total. The van der Waals surface area contributed by atoms with Crippen LogP contribution in [-0.2, 0) is 21.1 Å². The van der Waals surface area contributed by atoms with Crippen molar-refractivity contribution in [3.63, 3.8) is 0 Å². The molecular weight excluding hydrogens is 305 g/mol. The normalized spacial score (nSPS) is 22.7. The Bertz CT molecular complexity index is 672. The van der Waals surface area contributed by atoms with Gasteiger partial charge in [-0.05, 0) is 36.0 Å². The van der Waals surface area contributed by atoms with Gasteiger partial charge in [-0.15, -0.1) is 0 Å². The van der Waals surface area contributed by atoms with Crippen LogP contribution in [-0.4, -0.2) is 26.3 Å². The minimum absolute atomic E-state index is 0.184. The zero-order chi connectivity index (χ0) is 16.5. The van der Waals surface area contributed by atoms with E-state index >= 15 is 0 Å². The number of benzene rings is 1. The van der Waals surface area contributed by atoms with Gasteiger partial charge in [0.15, 0.2) is 0 Å². The first kappa shape index (κ1) is 16.9. The lowest BCUT2D eigenvalue weighted by atomic mass is 9.80. The monoisotopic (exact) mass is 327 g/mol. The predicted molar refractivity (Wildman–Crippen MR) is 83.6 cm³/mol. The van der Waals surface area contributed by atoms with E-state index < -0.39 is 15.8 Å². The molecule has 0 saturated carbocycles. The third-order valence-electron chi connectivity index (χ3n) is 4.21. The van der Waals surface area contributed by atoms with E-state index in [0.717, 1.165) is 18.2 Å². The Morgan fingerprint density at radius 1 is 1.45 bits per heavy atom. The molecule has 22 heavy (non-hydrogen) atoms. The van der Waals surface area contributed by atoms with Gasteiger partial charge in [-0.3, -0.25) is 4.79 Å². The third kappa shape index (κ3) is 3.85. The Balaban J connectivity index is 2.19. The summed E-state index contributed by atoms with van der Waals surface area (Å²) in [6.07, 6.45) is 2.57. The van der Waals surface area contributed by atoms with Crippen molar-refractivity contribution in [2.75, 3.05) is 12.0 Å². The molecule has 0 aliphatic heterocycles. The topological polar surface area (TPSA) is 63.2 Å². The highest BCUT2D eigenvalue weighted by molar-refractivity contribution is 7.90. The van der Waals surface area contributed by atoms with Gasteiger partial charge >= 0.3 is 0 Å². The minimum Gasteiger partial charge on any atom is -0.349 e. The Hall–Kier alpha value is -1.43. The number of carbonyl (C=O) groups is 1. The smallest absolute Gasteiger partial charge is 0.224 e. The molecule has 0 aromatic heterocycles. The van der Waals surface area contributed by atoms with Crippen LogP contribution >= 0.6 is 0 Å². The lowest BCUT2D eigenvalue weighted by Gasteiger charge is -2.33. The molecule has 0 bridgehead atoms. The second-order valence-corrected chi connectivity index (χ2v) is 8.49. The maximum atomic E-state index is 13.9. The number of sulfone groups is 1. The summed E-state index contributed by atoms with van der Waals surface area (Å²) >= 11 is 0. The summed E-state index contributed by atoms with van der Waals surface area (Å²) in [6, 6.07) is 4.64. The van der Waals surface area contributed by atoms with Gasteiger partial charge in [-0.2, -0.15) is 0 Å². The van der Waals surface area contributed by atoms with Crippen LogP contribution in [0, 0.1) is 17.7 Å². The van der Waals surface area contributed by atoms with Crippen molar-refractivity contribution in [2.45, 2.75) is 32.7 Å². The fourth-order valence-electron chi connectivity index (χ4n) is 3.02. The van der Waals surface area contributed by atoms with Crippen molar-refractivity contribution in [3.8, 4) is 0 Å². The van der Waals surface area contributed by atoms with Crippen LogP contribution in [0.25, 0.3) is 0 Å². The van der Waals surface area contributed by atoms with Gasteiger partial charge in [-0.1, -0.05) is 26.0 Å². The van der Waals surface area contributed by atoms with E-state index in [0.29, 0.717) is 12.0 Å². The molecule has 1 aliphatic carbocycles. The average molecular weight is 327 g/mol. The standard InChI is InChI=1S/C16H22FNO3S/c1-10-7-8-12-13(5-4-6-14(12)17)15(10)18-16(19)11(2)9-22(3,20)21/h4-6,10-11,15H,7-9H2,1-3H3,(H,18,19). The summed E-state index contributed by atoms with van der Waals surface area (Å²) in [5.41, 5.74) is 1.46. The Labute approximate surface area is 131 Å². The van der Waals surface area contributed by atoms with Crippen LogP contribution in [0.3, 0.4) is 0 Å². The minimum atomic E-state index is -3.21. The zero-order valence-corrected chi connectivity index (χ0v) is 13.9. The molecule has 2 rings (SSSR count). The molecule has 1 aromatic rings. The number of nitrogens with one attached hydrogen (secondary N) is 1. The van der Waals surface area contributed by atoms with E-state index in [4.69, 9.17) is 0 Å². The van der Waals surface area contributed by atoms with Crippen molar-refractivity contribution in [2.24, 2.45) is 11.8 Å². The molecule has 0 fully saturated rings. The fraction of sp³-hybridized carbons (Fsp3) is 0.562. The van der Waals surface area contributed by atoms with Crippen molar-refractivity contribution in [1.82, 2.24) is 5.32 Å². The highest BCUT2D eigenvalue weighted by Crippen LogP contribution is 2.35. The molecular formula is C16H22FNO3S. The first-order valence-corrected chi connectivity index (χ1v) is 9.50. The molecule has 3 unspecified atom stereocenters. The van der Waals surface area contributed by atoms with Crippen LogP contribution in [0.2, 0.25) is 0 Å². The van der Waals surface area contributed by atoms with Crippen molar-refractivity contribution in [1.29, 1.82) is 0 Å². The van der Waals surface area contributed by atoms with Gasteiger partial charge in [-0.25, -0.2) is 12.8 Å². The van der Waals surface area contributed by atoms with Crippen molar-refractivity contribution in [3.05, 3.63) is 35.1 Å². The van der Waals surface area contributed by atoms with Crippen LogP contribution in [0.15, 0.2) is 18.2 Å². The molecule has 6 heteroatoms. The molecule has 4 nitrogen and oxygen atoms in total. The molecule has 1 aromatic carbocycles. The van der Waals surface area contributed by atoms with Gasteiger partial charge in [0.2, 0.25) is 5.91 Å². The first-order valence-electron chi connectivity index (χ1n) is 7.44. The van der Waals surface area contributed by atoms with E-state index in [-0.39, 0.29) is 29.4 Å². The zero-order valence-electron chi connectivity index (χ0n) is 13.1. The van der Waals surface area contributed by atoms with Crippen LogP contribution in [0.5, 0.6) is 0 Å². The molecule has 1 aliphatic rings. The van der Waals surface area contributed by atoms with E-state index in [1.807, 2.05) is 13.0 Å². The van der Waals surface area contributed by atoms with Gasteiger partial charge in [0.05, 0.1) is 11.8 Å². The van der Waals surface area contributed by atoms with Gasteiger partial charge < -0.3 is 5.32 Å². The third-order valence-corrected chi connectivity index (χ3v) is 5.31. The lowest BCUT2D eigenvalue weighted by Crippen LogP contribution is -2.40. The maximum absolute atomic E-state index is 13.9. The molecule has 1 amide bonds. The first-order chi connectivity index (χ1) is 10.2. The SMILES string of the molecule is CC(CS(C)(=O)=O)C(=O)NC1c2cccc(F)c2CCC1C. The molecule has 122 valence electrons. The molecule has 0 saturated heterocycles. The Morgan fingerprint density at radius 2 is 2.14 bits per heavy atom. The van der Waals surface area contributed by atoms with E-state index in [1.165, 1.54) is 6.07 Å². The predicted octanol–water partition coefficient (Wildman–Crippen LogP) is 2.25. The number of hydrogen-bond acceptors (Lipinski definition) is 3. The summed E-state index contributed by atoms with van der Waals surface area (Å²) in [5, 5.41) is 2.90. The lowest BCUT2D eigenvalue weighted by molar-refractivity contribution is -0.125. The number of amides is 1. The number of hydrogen-bond donors (Lipinski definition) is 1. The second-order valence-electron chi connectivity index (χ2n) is 6.30. The van der Waals surface area contributed by atoms with Crippen LogP contribution in [0.4, 0.5) is 4.39 Å². The summed E-state index contributed by atoms with van der Waals surface area (Å²) < 4.78 is 36.5. The highest BCUT2D eigenvalue weighted by Gasteiger charge is 2.31. The quantitative estimate of drug-likeness (QED) is 0.922. The summed E-state index contributed by atoms with van der Waals surface area (Å²) in [4.78, 5) is 12.3. The Morgan fingerprint density at radius 3 is 2.77 bits per heavy atom. The summed E-state index contributed by atoms with van der Waals surface area (Å²) in [5.74, 6) is -1.17. The maximum Gasteiger partial charge on any atom is 0.224 e. The molecule has 3 atom stereocenters. The highest BCUT2D eigenvalue weighted by atomic mass is 32.2. The van der Waals surface area contributed by atoms with E-state index in [9.17, 15) is 17.6 Å². The molecule has 0 heterocycles. The number of fused-ring (bicyclic) bond motifs is 1. The number of carbonyl (C=O) groups excluding carboxylic acids is 1. The van der Waals surface area contributed by atoms with Gasteiger partial charge in [0, 0.05) is 12.2 Å². The van der Waals surface area contributed by atoms with Crippen LogP contribution in [0.1, 0.15) is 37.4 Å². The second kappa shape index (κ2) is 6.36. The van der Waals surface area contributed by atoms with Crippen molar-refractivity contribution >= 4 is 15.7 Å². The Kier molecular flexibility index (Phi) is 4.90.